The number of carbonyl (C=O) groups excluding carboxylic acids is 1. The van der Waals surface area contributed by atoms with Gasteiger partial charge < -0.3 is 10.6 Å². The van der Waals surface area contributed by atoms with Crippen LogP contribution in [0.4, 0.5) is 0 Å². The lowest BCUT2D eigenvalue weighted by atomic mass is 9.84. The zero-order valence-corrected chi connectivity index (χ0v) is 16.6. The highest BCUT2D eigenvalue weighted by atomic mass is 35.5. The lowest BCUT2D eigenvalue weighted by molar-refractivity contribution is 0.0940. The summed E-state index contributed by atoms with van der Waals surface area (Å²) in [4.78, 5) is 12.4. The van der Waals surface area contributed by atoms with Crippen LogP contribution in [0.15, 0.2) is 30.5 Å². The molecule has 1 aromatic carbocycles. The maximum atomic E-state index is 12.4. The number of aromatic nitrogens is 3. The van der Waals surface area contributed by atoms with Crippen LogP contribution in [0.1, 0.15) is 48.8 Å². The van der Waals surface area contributed by atoms with Crippen molar-refractivity contribution < 1.29 is 4.79 Å². The first kappa shape index (κ1) is 20.7. The molecule has 0 bridgehead atoms. The average molecular weight is 398 g/mol. The van der Waals surface area contributed by atoms with E-state index in [0.717, 1.165) is 31.5 Å². The molecule has 6 nitrogen and oxygen atoms in total. The van der Waals surface area contributed by atoms with E-state index in [1.165, 1.54) is 0 Å². The summed E-state index contributed by atoms with van der Waals surface area (Å²) in [6.07, 6.45) is 3.77. The van der Waals surface area contributed by atoms with Gasteiger partial charge in [0.1, 0.15) is 0 Å². The first-order chi connectivity index (χ1) is 12.0. The minimum absolute atomic E-state index is 0. The third-order valence-electron chi connectivity index (χ3n) is 4.74. The first-order valence-electron chi connectivity index (χ1n) is 8.62. The van der Waals surface area contributed by atoms with E-state index in [1.807, 2.05) is 28.9 Å². The van der Waals surface area contributed by atoms with E-state index in [1.54, 1.807) is 6.20 Å². The number of rotatable bonds is 5. The summed E-state index contributed by atoms with van der Waals surface area (Å²) in [5, 5.41) is 15.2. The largest absolute Gasteiger partial charge is 0.350 e. The Hall–Kier alpha value is -1.63. The number of piperidine rings is 1. The van der Waals surface area contributed by atoms with Crippen molar-refractivity contribution >= 4 is 29.9 Å². The van der Waals surface area contributed by atoms with Crippen molar-refractivity contribution in [3.05, 3.63) is 46.7 Å². The van der Waals surface area contributed by atoms with Crippen LogP contribution in [0.25, 0.3) is 0 Å². The van der Waals surface area contributed by atoms with E-state index in [9.17, 15) is 4.79 Å². The van der Waals surface area contributed by atoms with Gasteiger partial charge in [0.15, 0.2) is 5.69 Å². The fourth-order valence-electron chi connectivity index (χ4n) is 3.03. The van der Waals surface area contributed by atoms with Crippen molar-refractivity contribution in [1.82, 2.24) is 25.6 Å². The van der Waals surface area contributed by atoms with Crippen molar-refractivity contribution in [2.45, 2.75) is 38.1 Å². The van der Waals surface area contributed by atoms with Crippen molar-refractivity contribution in [3.63, 3.8) is 0 Å². The van der Waals surface area contributed by atoms with E-state index in [0.29, 0.717) is 23.3 Å². The highest BCUT2D eigenvalue weighted by Gasteiger charge is 2.23. The van der Waals surface area contributed by atoms with Crippen molar-refractivity contribution in [2.75, 3.05) is 19.6 Å². The van der Waals surface area contributed by atoms with Gasteiger partial charge in [-0.05, 0) is 43.6 Å². The molecule has 0 radical (unpaired) electrons. The predicted octanol–water partition coefficient (Wildman–Crippen LogP) is 2.99. The maximum absolute atomic E-state index is 12.4. The van der Waals surface area contributed by atoms with Gasteiger partial charge >= 0.3 is 0 Å². The molecule has 26 heavy (non-hydrogen) atoms. The van der Waals surface area contributed by atoms with Gasteiger partial charge in [0, 0.05) is 17.0 Å². The Kier molecular flexibility index (Phi) is 7.03. The molecule has 142 valence electrons. The number of hydrogen-bond donors (Lipinski definition) is 2. The quantitative estimate of drug-likeness (QED) is 0.813. The zero-order chi connectivity index (χ0) is 17.9. The van der Waals surface area contributed by atoms with E-state index in [2.05, 4.69) is 34.8 Å². The highest BCUT2D eigenvalue weighted by molar-refractivity contribution is 6.30. The lowest BCUT2D eigenvalue weighted by Gasteiger charge is -2.25. The molecule has 3 rings (SSSR count). The molecular weight excluding hydrogens is 373 g/mol. The topological polar surface area (TPSA) is 71.8 Å². The van der Waals surface area contributed by atoms with Gasteiger partial charge in [0.25, 0.3) is 5.91 Å². The molecule has 0 atom stereocenters. The van der Waals surface area contributed by atoms with Crippen molar-refractivity contribution in [2.24, 2.45) is 0 Å². The number of hydrogen-bond acceptors (Lipinski definition) is 4. The minimum Gasteiger partial charge on any atom is -0.350 e. The molecule has 0 unspecified atom stereocenters. The van der Waals surface area contributed by atoms with Gasteiger partial charge in [-0.15, -0.1) is 17.5 Å². The van der Waals surface area contributed by atoms with Crippen LogP contribution in [0.5, 0.6) is 0 Å². The summed E-state index contributed by atoms with van der Waals surface area (Å²) in [6, 6.07) is 8.03. The fourth-order valence-corrected chi connectivity index (χ4v) is 3.15. The van der Waals surface area contributed by atoms with Gasteiger partial charge in [-0.1, -0.05) is 42.8 Å². The molecule has 1 aliphatic heterocycles. The van der Waals surface area contributed by atoms with Gasteiger partial charge in [0.05, 0.1) is 12.2 Å². The second-order valence-electron chi connectivity index (χ2n) is 7.14. The number of nitrogens with one attached hydrogen (secondary N) is 2. The molecule has 1 saturated heterocycles. The van der Waals surface area contributed by atoms with Gasteiger partial charge in [0.2, 0.25) is 0 Å². The van der Waals surface area contributed by atoms with Crippen LogP contribution < -0.4 is 10.6 Å². The summed E-state index contributed by atoms with van der Waals surface area (Å²) in [5.41, 5.74) is 1.28. The van der Waals surface area contributed by atoms with Crippen LogP contribution in [-0.4, -0.2) is 40.5 Å². The molecule has 1 aromatic heterocycles. The molecule has 2 aromatic rings. The van der Waals surface area contributed by atoms with Crippen LogP contribution in [0.3, 0.4) is 0 Å². The molecule has 0 spiro atoms. The van der Waals surface area contributed by atoms with E-state index in [-0.39, 0.29) is 23.7 Å². The summed E-state index contributed by atoms with van der Waals surface area (Å²) in [7, 11) is 0. The number of halogens is 2. The first-order valence-corrected chi connectivity index (χ1v) is 9.00. The number of benzene rings is 1. The Morgan fingerprint density at radius 2 is 1.96 bits per heavy atom. The van der Waals surface area contributed by atoms with Crippen LogP contribution >= 0.6 is 24.0 Å². The number of carbonyl (C=O) groups is 1. The Morgan fingerprint density at radius 3 is 2.62 bits per heavy atom. The standard InChI is InChI=1S/C18H24ClN5O.ClH/c1-18(2,13-3-5-14(19)6-4-13)12-21-17(25)16-11-24(23-22-16)15-7-9-20-10-8-15;/h3-6,11,15,20H,7-10,12H2,1-2H3,(H,21,25);1H. The normalized spacial score (nSPS) is 15.3. The van der Waals surface area contributed by atoms with Gasteiger partial charge in [-0.3, -0.25) is 4.79 Å². The molecule has 1 aliphatic rings. The number of nitrogens with zero attached hydrogens (tertiary/aromatic N) is 3. The zero-order valence-electron chi connectivity index (χ0n) is 15.0. The van der Waals surface area contributed by atoms with E-state index < -0.39 is 0 Å². The van der Waals surface area contributed by atoms with Crippen LogP contribution in [0, 0.1) is 0 Å². The number of amides is 1. The summed E-state index contributed by atoms with van der Waals surface area (Å²) >= 11 is 5.94. The molecule has 1 fully saturated rings. The molecule has 8 heteroatoms. The van der Waals surface area contributed by atoms with Crippen molar-refractivity contribution in [3.8, 4) is 0 Å². The second-order valence-corrected chi connectivity index (χ2v) is 7.57. The Labute approximate surface area is 165 Å². The summed E-state index contributed by atoms with van der Waals surface area (Å²) < 4.78 is 1.82. The molecule has 2 N–H and O–H groups in total. The third-order valence-corrected chi connectivity index (χ3v) is 4.99. The molecule has 1 amide bonds. The lowest BCUT2D eigenvalue weighted by Crippen LogP contribution is -2.36. The molecule has 0 saturated carbocycles. The van der Waals surface area contributed by atoms with Crippen LogP contribution in [0.2, 0.25) is 5.02 Å². The van der Waals surface area contributed by atoms with E-state index >= 15 is 0 Å². The Morgan fingerprint density at radius 1 is 1.31 bits per heavy atom. The predicted molar refractivity (Wildman–Crippen MR) is 105 cm³/mol. The summed E-state index contributed by atoms with van der Waals surface area (Å²) in [5.74, 6) is -0.192. The fraction of sp³-hybridized carbons (Fsp3) is 0.500. The smallest absolute Gasteiger partial charge is 0.273 e. The summed E-state index contributed by atoms with van der Waals surface area (Å²) in [6.45, 7) is 6.63. The van der Waals surface area contributed by atoms with Gasteiger partial charge in [-0.2, -0.15) is 0 Å². The Bertz CT molecular complexity index is 723. The second kappa shape index (κ2) is 8.84. The maximum Gasteiger partial charge on any atom is 0.273 e. The minimum atomic E-state index is -0.203. The van der Waals surface area contributed by atoms with Crippen LogP contribution in [-0.2, 0) is 5.41 Å². The van der Waals surface area contributed by atoms with Crippen molar-refractivity contribution in [1.29, 1.82) is 0 Å². The average Bonchev–Trinajstić information content (AvgIpc) is 3.11. The van der Waals surface area contributed by atoms with Gasteiger partial charge in [-0.25, -0.2) is 4.68 Å². The SMILES string of the molecule is CC(C)(CNC(=O)c1cn(C2CCNCC2)nn1)c1ccc(Cl)cc1.Cl. The van der Waals surface area contributed by atoms with E-state index in [4.69, 9.17) is 11.6 Å². The molecule has 2 heterocycles. The monoisotopic (exact) mass is 397 g/mol. The Balaban J connectivity index is 0.00000243. The third kappa shape index (κ3) is 4.96. The molecular formula is C18H25Cl2N5O. The highest BCUT2D eigenvalue weighted by Crippen LogP contribution is 2.24. The molecule has 0 aliphatic carbocycles.